The van der Waals surface area contributed by atoms with Crippen molar-refractivity contribution < 1.29 is 36.3 Å². The molecule has 0 saturated carbocycles. The molecule has 0 bridgehead atoms. The van der Waals surface area contributed by atoms with Gasteiger partial charge in [-0.1, -0.05) is 95.6 Å². The normalized spacial score (nSPS) is 19.3. The molecule has 0 aliphatic heterocycles. The molecule has 6 unspecified atom stereocenters. The molecule has 0 aromatic carbocycles. The molecule has 8 nitrogen and oxygen atoms in total. The third-order valence-electron chi connectivity index (χ3n) is 3.49. The molecule has 0 rings (SSSR count). The largest absolute Gasteiger partial charge is 0.474 e. The second kappa shape index (κ2) is 28.8. The van der Waals surface area contributed by atoms with Crippen LogP contribution >= 0.6 is 181 Å². The van der Waals surface area contributed by atoms with E-state index in [0.717, 1.165) is 0 Å². The minimum absolute atomic E-state index is 0.0370. The summed E-state index contributed by atoms with van der Waals surface area (Å²) in [6.45, 7) is 0.360. The number of rotatable bonds is 24. The second-order valence-electron chi connectivity index (χ2n) is 7.18. The van der Waals surface area contributed by atoms with Crippen LogP contribution in [0.5, 0.6) is 0 Å². The van der Waals surface area contributed by atoms with Crippen LogP contribution in [0.2, 0.25) is 0 Å². The van der Waals surface area contributed by atoms with E-state index in [1.807, 2.05) is 0 Å². The van der Waals surface area contributed by atoms with Crippen LogP contribution in [0.1, 0.15) is 0 Å². The van der Waals surface area contributed by atoms with E-state index in [4.69, 9.17) is 96.7 Å². The molecule has 0 aromatic rings. The lowest BCUT2D eigenvalue weighted by atomic mass is 10.5. The second-order valence-corrected chi connectivity index (χ2v) is 19.1. The SMILES string of the molecule is O=P(OCC(Br)CBr)(OCC(Br)CBr)OCC(Br)CBr.O=P(OCC(Cl)CCl)(OCC(Cl)CCl)OCC(Cl)CCl. The topological polar surface area (TPSA) is 89.5 Å². The Kier molecular flexibility index (Phi) is 33.8. The van der Waals surface area contributed by atoms with Gasteiger partial charge >= 0.3 is 15.6 Å². The van der Waals surface area contributed by atoms with E-state index in [1.165, 1.54) is 0 Å². The molecular weight excluding hydrogens is 1100 g/mol. The van der Waals surface area contributed by atoms with Gasteiger partial charge in [0, 0.05) is 48.1 Å². The fraction of sp³-hybridized carbons (Fsp3) is 1.00. The average Bonchev–Trinajstić information content (AvgIpc) is 2.97. The fourth-order valence-corrected chi connectivity index (χ4v) is 6.44. The van der Waals surface area contributed by atoms with E-state index in [-0.39, 0.29) is 71.8 Å². The molecular formula is C18H30Br6Cl6O8P2. The van der Waals surface area contributed by atoms with Gasteiger partial charge in [0.25, 0.3) is 0 Å². The molecule has 40 heavy (non-hydrogen) atoms. The molecule has 0 aliphatic carbocycles. The molecule has 0 aliphatic rings. The molecule has 22 heteroatoms. The first kappa shape index (κ1) is 47.0. The summed E-state index contributed by atoms with van der Waals surface area (Å²) >= 11 is 53.9. The van der Waals surface area contributed by atoms with Crippen LogP contribution in [-0.4, -0.2) is 104 Å². The minimum atomic E-state index is -3.85. The van der Waals surface area contributed by atoms with Crippen molar-refractivity contribution in [2.24, 2.45) is 0 Å². The van der Waals surface area contributed by atoms with Gasteiger partial charge in [0.2, 0.25) is 0 Å². The molecule has 6 atom stereocenters. The predicted molar refractivity (Wildman–Crippen MR) is 192 cm³/mol. The van der Waals surface area contributed by atoms with Crippen molar-refractivity contribution in [2.45, 2.75) is 30.6 Å². The quantitative estimate of drug-likeness (QED) is 0.0698. The van der Waals surface area contributed by atoms with Gasteiger partial charge in [0.1, 0.15) is 0 Å². The van der Waals surface area contributed by atoms with Crippen LogP contribution in [0.3, 0.4) is 0 Å². The molecule has 0 saturated heterocycles. The summed E-state index contributed by atoms with van der Waals surface area (Å²) in [5.74, 6) is 0.379. The van der Waals surface area contributed by atoms with Gasteiger partial charge in [-0.15, -0.1) is 69.6 Å². The maximum atomic E-state index is 12.5. The summed E-state index contributed by atoms with van der Waals surface area (Å²) in [5.41, 5.74) is 0. The number of phosphoric acid groups is 2. The Labute approximate surface area is 317 Å². The van der Waals surface area contributed by atoms with Crippen molar-refractivity contribution in [1.82, 2.24) is 0 Å². The van der Waals surface area contributed by atoms with Gasteiger partial charge < -0.3 is 0 Å². The first-order chi connectivity index (χ1) is 18.7. The third kappa shape index (κ3) is 26.9. The minimum Gasteiger partial charge on any atom is -0.286 e. The summed E-state index contributed by atoms with van der Waals surface area (Å²) in [6.07, 6.45) is 0. The van der Waals surface area contributed by atoms with Crippen LogP contribution in [-0.2, 0) is 36.3 Å². The maximum absolute atomic E-state index is 12.5. The lowest BCUT2D eigenvalue weighted by molar-refractivity contribution is 0.115. The first-order valence-corrected chi connectivity index (χ1v) is 22.9. The van der Waals surface area contributed by atoms with Crippen molar-refractivity contribution in [3.63, 3.8) is 0 Å². The van der Waals surface area contributed by atoms with Crippen molar-refractivity contribution in [3.8, 4) is 0 Å². The standard InChI is InChI=1S/C9H15Br6O4P.C9H15Cl6O4P/c2*10-1-7(13)4-17-20(16,18-5-8(14)2-11)19-6-9(15)3-12/h2*7-9H,1-6H2. The van der Waals surface area contributed by atoms with E-state index in [9.17, 15) is 9.13 Å². The fourth-order valence-electron chi connectivity index (χ4n) is 1.52. The predicted octanol–water partition coefficient (Wildman–Crippen LogP) is 10.3. The van der Waals surface area contributed by atoms with E-state index < -0.39 is 31.8 Å². The highest BCUT2D eigenvalue weighted by atomic mass is 79.9. The van der Waals surface area contributed by atoms with Crippen molar-refractivity contribution in [1.29, 1.82) is 0 Å². The molecule has 244 valence electrons. The van der Waals surface area contributed by atoms with Gasteiger partial charge in [-0.3, -0.25) is 27.1 Å². The van der Waals surface area contributed by atoms with Crippen molar-refractivity contribution in [3.05, 3.63) is 0 Å². The molecule has 0 N–H and O–H groups in total. The van der Waals surface area contributed by atoms with Gasteiger partial charge in [-0.05, 0) is 0 Å². The Balaban J connectivity index is 0. The number of hydrogen-bond donors (Lipinski definition) is 0. The highest BCUT2D eigenvalue weighted by molar-refractivity contribution is 9.12. The van der Waals surface area contributed by atoms with Crippen LogP contribution in [0.4, 0.5) is 0 Å². The molecule has 0 spiro atoms. The van der Waals surface area contributed by atoms with Gasteiger partial charge in [0.15, 0.2) is 0 Å². The Bertz CT molecular complexity index is 578. The first-order valence-electron chi connectivity index (χ1n) is 11.0. The summed E-state index contributed by atoms with van der Waals surface area (Å²) in [4.78, 5) is 0.111. The van der Waals surface area contributed by atoms with E-state index in [0.29, 0.717) is 16.0 Å². The summed E-state index contributed by atoms with van der Waals surface area (Å²) in [6, 6.07) is 0. The molecule has 0 amide bonds. The van der Waals surface area contributed by atoms with Crippen LogP contribution in [0, 0.1) is 0 Å². The van der Waals surface area contributed by atoms with E-state index >= 15 is 0 Å². The van der Waals surface area contributed by atoms with E-state index in [2.05, 4.69) is 95.6 Å². The summed E-state index contributed by atoms with van der Waals surface area (Å²) < 4.78 is 56.0. The van der Waals surface area contributed by atoms with Gasteiger partial charge in [-0.2, -0.15) is 0 Å². The summed E-state index contributed by atoms with van der Waals surface area (Å²) in [5, 5.41) is 0.443. The van der Waals surface area contributed by atoms with Gasteiger partial charge in [-0.25, -0.2) is 9.13 Å². The number of alkyl halides is 12. The number of halogens is 12. The highest BCUT2D eigenvalue weighted by Crippen LogP contribution is 2.51. The third-order valence-corrected chi connectivity index (χ3v) is 15.4. The highest BCUT2D eigenvalue weighted by Gasteiger charge is 2.31. The van der Waals surface area contributed by atoms with E-state index in [1.54, 1.807) is 0 Å². The Morgan fingerprint density at radius 2 is 0.675 bits per heavy atom. The molecule has 0 fully saturated rings. The van der Waals surface area contributed by atoms with Crippen molar-refractivity contribution in [2.75, 3.05) is 73.3 Å². The summed E-state index contributed by atoms with van der Waals surface area (Å²) in [7, 11) is -7.42. The maximum Gasteiger partial charge on any atom is 0.474 e. The zero-order valence-electron chi connectivity index (χ0n) is 20.6. The van der Waals surface area contributed by atoms with Crippen LogP contribution in [0.25, 0.3) is 0 Å². The average molecular weight is 1130 g/mol. The zero-order chi connectivity index (χ0) is 31.2. The lowest BCUT2D eigenvalue weighted by Gasteiger charge is -2.21. The van der Waals surface area contributed by atoms with Crippen LogP contribution in [0.15, 0.2) is 0 Å². The monoisotopic (exact) mass is 1120 g/mol. The zero-order valence-corrected chi connectivity index (χ0v) is 36.5. The van der Waals surface area contributed by atoms with Crippen LogP contribution < -0.4 is 0 Å². The molecule has 0 aromatic heterocycles. The van der Waals surface area contributed by atoms with Gasteiger partial charge in [0.05, 0.1) is 55.8 Å². The lowest BCUT2D eigenvalue weighted by Crippen LogP contribution is -2.17. The molecule has 0 radical (unpaired) electrons. The Hall–Kier alpha value is 4.84. The number of phosphoric ester groups is 2. The Morgan fingerprint density at radius 3 is 0.850 bits per heavy atom. The smallest absolute Gasteiger partial charge is 0.286 e. The Morgan fingerprint density at radius 1 is 0.475 bits per heavy atom. The number of hydrogen-bond acceptors (Lipinski definition) is 8. The molecule has 0 heterocycles. The van der Waals surface area contributed by atoms with Crippen molar-refractivity contribution >= 4 is 181 Å².